The zero-order valence-electron chi connectivity index (χ0n) is 15.6. The fourth-order valence-corrected chi connectivity index (χ4v) is 3.34. The van der Waals surface area contributed by atoms with E-state index < -0.39 is 22.2 Å². The molecule has 0 aromatic heterocycles. The van der Waals surface area contributed by atoms with Gasteiger partial charge in [0, 0.05) is 12.1 Å². The fraction of sp³-hybridized carbons (Fsp3) is 0.400. The van der Waals surface area contributed by atoms with Gasteiger partial charge >= 0.3 is 5.69 Å². The highest BCUT2D eigenvalue weighted by atomic mass is 19.1. The lowest BCUT2D eigenvalue weighted by atomic mass is 9.95. The molecule has 8 heteroatoms. The largest absolute Gasteiger partial charge is 0.487 e. The predicted octanol–water partition coefficient (Wildman–Crippen LogP) is 4.69. The van der Waals surface area contributed by atoms with E-state index in [0.29, 0.717) is 11.5 Å². The molecule has 0 bridgehead atoms. The summed E-state index contributed by atoms with van der Waals surface area (Å²) in [6.45, 7) is 3.88. The summed E-state index contributed by atoms with van der Waals surface area (Å²) in [6, 6.07) is 6.38. The summed E-state index contributed by atoms with van der Waals surface area (Å²) < 4.78 is 33.8. The van der Waals surface area contributed by atoms with Crippen molar-refractivity contribution in [3.8, 4) is 5.75 Å². The molecule has 0 aliphatic carbocycles. The van der Waals surface area contributed by atoms with Crippen LogP contribution in [0.2, 0.25) is 0 Å². The van der Waals surface area contributed by atoms with Crippen molar-refractivity contribution in [2.45, 2.75) is 26.2 Å². The Hall–Kier alpha value is -2.74. The normalized spacial score (nSPS) is 14.7. The number of nitrogens with zero attached hydrogens (tertiary/aromatic N) is 1. The van der Waals surface area contributed by atoms with Crippen LogP contribution in [0.25, 0.3) is 0 Å². The Bertz CT molecular complexity index is 855. The van der Waals surface area contributed by atoms with Gasteiger partial charge in [-0.25, -0.2) is 8.78 Å². The lowest BCUT2D eigenvalue weighted by Gasteiger charge is -2.22. The highest BCUT2D eigenvalue weighted by Crippen LogP contribution is 2.38. The summed E-state index contributed by atoms with van der Waals surface area (Å²) >= 11 is 0. The second kappa shape index (κ2) is 8.97. The Morgan fingerprint density at radius 1 is 1.21 bits per heavy atom. The minimum absolute atomic E-state index is 0.0277. The highest BCUT2D eigenvalue weighted by Gasteiger charge is 2.24. The molecule has 150 valence electrons. The molecular weight excluding hydrogens is 368 g/mol. The Morgan fingerprint density at radius 2 is 1.96 bits per heavy atom. The third-order valence-electron chi connectivity index (χ3n) is 4.86. The van der Waals surface area contributed by atoms with Gasteiger partial charge in [-0.3, -0.25) is 10.1 Å². The van der Waals surface area contributed by atoms with E-state index in [1.807, 2.05) is 0 Å². The smallest absolute Gasteiger partial charge is 0.334 e. The Labute approximate surface area is 162 Å². The number of nitro groups is 1. The summed E-state index contributed by atoms with van der Waals surface area (Å²) in [5.74, 6) is -0.952. The number of nitrogens with one attached hydrogen (secondary N) is 2. The lowest BCUT2D eigenvalue weighted by molar-refractivity contribution is -0.385. The second-order valence-corrected chi connectivity index (χ2v) is 7.00. The quantitative estimate of drug-likeness (QED) is 0.529. The van der Waals surface area contributed by atoms with Crippen molar-refractivity contribution in [3.05, 3.63) is 57.6 Å². The first-order valence-electron chi connectivity index (χ1n) is 9.28. The Kier molecular flexibility index (Phi) is 6.41. The number of hydrogen-bond acceptors (Lipinski definition) is 5. The van der Waals surface area contributed by atoms with Gasteiger partial charge in [-0.1, -0.05) is 6.07 Å². The maximum Gasteiger partial charge on any atom is 0.334 e. The summed E-state index contributed by atoms with van der Waals surface area (Å²) in [5, 5.41) is 17.5. The van der Waals surface area contributed by atoms with Crippen LogP contribution in [-0.2, 0) is 0 Å². The molecule has 2 aromatic rings. The van der Waals surface area contributed by atoms with Gasteiger partial charge < -0.3 is 15.4 Å². The van der Waals surface area contributed by atoms with Crippen LogP contribution in [-0.4, -0.2) is 24.6 Å². The second-order valence-electron chi connectivity index (χ2n) is 7.00. The monoisotopic (exact) mass is 391 g/mol. The molecule has 0 saturated carbocycles. The van der Waals surface area contributed by atoms with E-state index in [1.54, 1.807) is 13.0 Å². The average molecular weight is 391 g/mol. The maximum absolute atomic E-state index is 14.1. The first kappa shape index (κ1) is 20.0. The Morgan fingerprint density at radius 3 is 2.64 bits per heavy atom. The molecule has 0 atom stereocenters. The van der Waals surface area contributed by atoms with Crippen molar-refractivity contribution in [1.82, 2.24) is 5.32 Å². The topological polar surface area (TPSA) is 76.4 Å². The molecule has 0 radical (unpaired) electrons. The number of rotatable bonds is 7. The van der Waals surface area contributed by atoms with E-state index in [0.717, 1.165) is 44.5 Å². The molecule has 1 fully saturated rings. The lowest BCUT2D eigenvalue weighted by Crippen LogP contribution is -2.28. The van der Waals surface area contributed by atoms with Gasteiger partial charge in [0.1, 0.15) is 17.3 Å². The van der Waals surface area contributed by atoms with Crippen LogP contribution in [0.1, 0.15) is 24.8 Å². The molecule has 6 nitrogen and oxygen atoms in total. The van der Waals surface area contributed by atoms with Crippen LogP contribution in [0.5, 0.6) is 5.75 Å². The van der Waals surface area contributed by atoms with Crippen LogP contribution >= 0.6 is 0 Å². The van der Waals surface area contributed by atoms with Gasteiger partial charge in [-0.15, -0.1) is 0 Å². The summed E-state index contributed by atoms with van der Waals surface area (Å²) in [6.07, 6.45) is 2.78. The van der Waals surface area contributed by atoms with Crippen molar-refractivity contribution < 1.29 is 18.4 Å². The zero-order chi connectivity index (χ0) is 20.1. The third kappa shape index (κ3) is 4.95. The first-order chi connectivity index (χ1) is 13.4. The van der Waals surface area contributed by atoms with Gasteiger partial charge in [0.25, 0.3) is 0 Å². The van der Waals surface area contributed by atoms with Crippen molar-refractivity contribution >= 4 is 17.1 Å². The highest BCUT2D eigenvalue weighted by molar-refractivity contribution is 5.74. The SMILES string of the molecule is Cc1ccc(Nc2cc(F)cc(OCCC3CCNCC3)c2[N+](=O)[O-])c(F)c1. The molecule has 2 N–H and O–H groups in total. The van der Waals surface area contributed by atoms with Gasteiger partial charge in [0.15, 0.2) is 0 Å². The predicted molar refractivity (Wildman–Crippen MR) is 103 cm³/mol. The molecule has 3 rings (SSSR count). The van der Waals surface area contributed by atoms with Crippen molar-refractivity contribution in [2.24, 2.45) is 5.92 Å². The summed E-state index contributed by atoms with van der Waals surface area (Å²) in [4.78, 5) is 11.0. The van der Waals surface area contributed by atoms with E-state index in [2.05, 4.69) is 10.6 Å². The van der Waals surface area contributed by atoms with Crippen LogP contribution in [0.4, 0.5) is 25.8 Å². The minimum atomic E-state index is -0.697. The minimum Gasteiger partial charge on any atom is -0.487 e. The number of ether oxygens (including phenoxy) is 1. The standard InChI is InChI=1S/C20H23F2N3O3/c1-13-2-3-17(16(22)10-13)24-18-11-15(21)12-19(20(18)25(26)27)28-9-6-14-4-7-23-8-5-14/h2-3,10-12,14,23-24H,4-9H2,1H3. The fourth-order valence-electron chi connectivity index (χ4n) is 3.34. The molecule has 1 heterocycles. The molecule has 2 aromatic carbocycles. The number of anilines is 2. The third-order valence-corrected chi connectivity index (χ3v) is 4.86. The Balaban J connectivity index is 1.80. The van der Waals surface area contributed by atoms with Crippen LogP contribution < -0.4 is 15.4 Å². The van der Waals surface area contributed by atoms with Crippen LogP contribution in [0.15, 0.2) is 30.3 Å². The van der Waals surface area contributed by atoms with E-state index in [1.165, 1.54) is 12.1 Å². The maximum atomic E-state index is 14.1. The first-order valence-corrected chi connectivity index (χ1v) is 9.28. The number of benzene rings is 2. The van der Waals surface area contributed by atoms with E-state index >= 15 is 0 Å². The van der Waals surface area contributed by atoms with E-state index in [4.69, 9.17) is 4.74 Å². The molecular formula is C20H23F2N3O3. The van der Waals surface area contributed by atoms with Crippen molar-refractivity contribution in [3.63, 3.8) is 0 Å². The van der Waals surface area contributed by atoms with Gasteiger partial charge in [-0.05, 0) is 62.9 Å². The number of aryl methyl sites for hydroxylation is 1. The van der Waals surface area contributed by atoms with Crippen molar-refractivity contribution in [1.29, 1.82) is 0 Å². The van der Waals surface area contributed by atoms with Crippen molar-refractivity contribution in [2.75, 3.05) is 25.0 Å². The van der Waals surface area contributed by atoms with Crippen LogP contribution in [0, 0.1) is 34.6 Å². The van der Waals surface area contributed by atoms with Gasteiger partial charge in [-0.2, -0.15) is 0 Å². The molecule has 0 amide bonds. The molecule has 0 spiro atoms. The summed E-state index contributed by atoms with van der Waals surface area (Å²) in [7, 11) is 0. The molecule has 28 heavy (non-hydrogen) atoms. The van der Waals surface area contributed by atoms with E-state index in [9.17, 15) is 18.9 Å². The number of piperidine rings is 1. The van der Waals surface area contributed by atoms with Crippen LogP contribution in [0.3, 0.4) is 0 Å². The number of halogens is 2. The van der Waals surface area contributed by atoms with E-state index in [-0.39, 0.29) is 23.7 Å². The van der Waals surface area contributed by atoms with Gasteiger partial charge in [0.2, 0.25) is 5.75 Å². The summed E-state index contributed by atoms with van der Waals surface area (Å²) in [5.41, 5.74) is 0.176. The molecule has 1 aliphatic rings. The molecule has 1 saturated heterocycles. The van der Waals surface area contributed by atoms with Gasteiger partial charge in [0.05, 0.1) is 17.2 Å². The zero-order valence-corrected chi connectivity index (χ0v) is 15.6. The molecule has 0 unspecified atom stereocenters. The number of hydrogen-bond donors (Lipinski definition) is 2. The molecule has 1 aliphatic heterocycles. The average Bonchev–Trinajstić information content (AvgIpc) is 2.64. The number of nitro benzene ring substituents is 1.